The number of aromatic nitrogens is 2. The third-order valence-electron chi connectivity index (χ3n) is 4.22. The largest absolute Gasteiger partial charge is 0.496 e. The molecule has 8 nitrogen and oxygen atoms in total. The molecule has 0 spiro atoms. The summed E-state index contributed by atoms with van der Waals surface area (Å²) in [5, 5.41) is 15.1. The van der Waals surface area contributed by atoms with Crippen molar-refractivity contribution >= 4 is 17.5 Å². The van der Waals surface area contributed by atoms with E-state index in [1.165, 1.54) is 24.1 Å². The lowest BCUT2D eigenvalue weighted by Gasteiger charge is -2.11. The van der Waals surface area contributed by atoms with E-state index in [0.29, 0.717) is 22.4 Å². The third-order valence-corrected chi connectivity index (χ3v) is 4.22. The Bertz CT molecular complexity index is 1120. The van der Waals surface area contributed by atoms with Gasteiger partial charge in [-0.2, -0.15) is 5.10 Å². The molecule has 2 aromatic carbocycles. The van der Waals surface area contributed by atoms with Crippen LogP contribution in [-0.2, 0) is 13.7 Å². The van der Waals surface area contributed by atoms with Crippen LogP contribution in [0.1, 0.15) is 21.5 Å². The lowest BCUT2D eigenvalue weighted by Crippen LogP contribution is -2.02. The lowest BCUT2D eigenvalue weighted by molar-refractivity contribution is -0.386. The number of hydrogen-bond acceptors (Lipinski definition) is 6. The topological polar surface area (TPSA) is 96.5 Å². The van der Waals surface area contributed by atoms with Crippen LogP contribution in [0.5, 0.6) is 11.5 Å². The molecular formula is C21H18FN3O5. The van der Waals surface area contributed by atoms with E-state index in [1.807, 2.05) is 0 Å². The Morgan fingerprint density at radius 1 is 1.27 bits per heavy atom. The number of aryl methyl sites for hydroxylation is 1. The van der Waals surface area contributed by atoms with E-state index in [0.717, 1.165) is 18.2 Å². The quantitative estimate of drug-likeness (QED) is 0.241. The van der Waals surface area contributed by atoms with Crippen LogP contribution in [0.25, 0.3) is 6.08 Å². The highest BCUT2D eigenvalue weighted by Gasteiger charge is 2.17. The van der Waals surface area contributed by atoms with Crippen LogP contribution >= 0.6 is 0 Å². The van der Waals surface area contributed by atoms with Crippen LogP contribution in [0, 0.1) is 15.9 Å². The van der Waals surface area contributed by atoms with Gasteiger partial charge >= 0.3 is 5.69 Å². The number of ether oxygens (including phenoxy) is 2. The minimum Gasteiger partial charge on any atom is -0.496 e. The first-order valence-electron chi connectivity index (χ1n) is 8.82. The van der Waals surface area contributed by atoms with Crippen molar-refractivity contribution in [1.82, 2.24) is 9.78 Å². The smallest absolute Gasteiger partial charge is 0.311 e. The summed E-state index contributed by atoms with van der Waals surface area (Å²) in [6, 6.07) is 8.16. The van der Waals surface area contributed by atoms with Gasteiger partial charge in [-0.05, 0) is 29.8 Å². The summed E-state index contributed by atoms with van der Waals surface area (Å²) in [7, 11) is 3.20. The molecule has 3 aromatic rings. The third kappa shape index (κ3) is 4.88. The van der Waals surface area contributed by atoms with Crippen LogP contribution in [0.3, 0.4) is 0 Å². The van der Waals surface area contributed by atoms with Crippen LogP contribution in [0.2, 0.25) is 0 Å². The van der Waals surface area contributed by atoms with Crippen molar-refractivity contribution in [2.24, 2.45) is 7.05 Å². The van der Waals surface area contributed by atoms with Crippen molar-refractivity contribution in [3.63, 3.8) is 0 Å². The first kappa shape index (κ1) is 20.7. The van der Waals surface area contributed by atoms with Crippen molar-refractivity contribution in [3.8, 4) is 11.5 Å². The number of benzene rings is 2. The minimum absolute atomic E-state index is 0.0916. The SMILES string of the molecule is COc1ccc(/C=C/C(=O)c2cnn(C)c2)cc1COc1cc(F)ccc1[N+](=O)[O-]. The zero-order chi connectivity index (χ0) is 21.7. The summed E-state index contributed by atoms with van der Waals surface area (Å²) in [4.78, 5) is 22.7. The monoisotopic (exact) mass is 411 g/mol. The van der Waals surface area contributed by atoms with Crippen molar-refractivity contribution in [1.29, 1.82) is 0 Å². The van der Waals surface area contributed by atoms with Gasteiger partial charge in [0, 0.05) is 30.9 Å². The van der Waals surface area contributed by atoms with Gasteiger partial charge in [-0.3, -0.25) is 19.6 Å². The van der Waals surface area contributed by atoms with E-state index in [9.17, 15) is 19.3 Å². The highest BCUT2D eigenvalue weighted by molar-refractivity contribution is 6.06. The molecule has 1 heterocycles. The number of rotatable bonds is 8. The number of nitro benzene ring substituents is 1. The average molecular weight is 411 g/mol. The minimum atomic E-state index is -0.645. The van der Waals surface area contributed by atoms with Crippen molar-refractivity contribution in [2.45, 2.75) is 6.61 Å². The van der Waals surface area contributed by atoms with Crippen molar-refractivity contribution in [3.05, 3.63) is 87.5 Å². The number of nitro groups is 1. The van der Waals surface area contributed by atoms with Gasteiger partial charge in [-0.15, -0.1) is 0 Å². The maximum absolute atomic E-state index is 13.5. The van der Waals surface area contributed by atoms with Crippen molar-refractivity contribution < 1.29 is 23.6 Å². The number of hydrogen-bond donors (Lipinski definition) is 0. The molecule has 0 saturated carbocycles. The maximum atomic E-state index is 13.5. The Hall–Kier alpha value is -4.01. The van der Waals surface area contributed by atoms with Crippen LogP contribution in [-0.4, -0.2) is 27.6 Å². The van der Waals surface area contributed by atoms with Gasteiger partial charge in [-0.1, -0.05) is 12.1 Å². The maximum Gasteiger partial charge on any atom is 0.311 e. The molecule has 0 bridgehead atoms. The summed E-state index contributed by atoms with van der Waals surface area (Å²) in [5.41, 5.74) is 1.39. The lowest BCUT2D eigenvalue weighted by atomic mass is 10.1. The van der Waals surface area contributed by atoms with Gasteiger partial charge in [0.25, 0.3) is 0 Å². The summed E-state index contributed by atoms with van der Waals surface area (Å²) in [6.07, 6.45) is 6.14. The van der Waals surface area contributed by atoms with Gasteiger partial charge < -0.3 is 9.47 Å². The van der Waals surface area contributed by atoms with Crippen LogP contribution in [0.4, 0.5) is 10.1 Å². The summed E-state index contributed by atoms with van der Waals surface area (Å²) >= 11 is 0. The molecule has 0 radical (unpaired) electrons. The van der Waals surface area contributed by atoms with E-state index in [1.54, 1.807) is 37.5 Å². The van der Waals surface area contributed by atoms with E-state index in [2.05, 4.69) is 5.10 Å². The second-order valence-corrected chi connectivity index (χ2v) is 6.33. The molecule has 0 saturated heterocycles. The summed E-state index contributed by atoms with van der Waals surface area (Å²) in [6.45, 7) is -0.0916. The first-order valence-corrected chi connectivity index (χ1v) is 8.82. The molecule has 0 N–H and O–H groups in total. The molecule has 1 aromatic heterocycles. The number of ketones is 1. The fraction of sp³-hybridized carbons (Fsp3) is 0.143. The second-order valence-electron chi connectivity index (χ2n) is 6.33. The Balaban J connectivity index is 1.80. The molecule has 0 aliphatic rings. The second kappa shape index (κ2) is 8.99. The number of methoxy groups -OCH3 is 1. The number of carbonyl (C=O) groups is 1. The van der Waals surface area contributed by atoms with Crippen molar-refractivity contribution in [2.75, 3.05) is 7.11 Å². The van der Waals surface area contributed by atoms with Gasteiger partial charge in [0.2, 0.25) is 0 Å². The molecule has 0 atom stereocenters. The predicted molar refractivity (Wildman–Crippen MR) is 107 cm³/mol. The molecule has 0 amide bonds. The highest BCUT2D eigenvalue weighted by atomic mass is 19.1. The molecule has 0 fully saturated rings. The molecule has 9 heteroatoms. The number of halogens is 1. The van der Waals surface area contributed by atoms with Gasteiger partial charge in [0.05, 0.1) is 23.8 Å². The van der Waals surface area contributed by atoms with Gasteiger partial charge in [0.15, 0.2) is 11.5 Å². The normalized spacial score (nSPS) is 10.9. The number of nitrogens with zero attached hydrogens (tertiary/aromatic N) is 3. The molecule has 154 valence electrons. The average Bonchev–Trinajstić information content (AvgIpc) is 3.16. The number of allylic oxidation sites excluding steroid dienone is 1. The molecule has 30 heavy (non-hydrogen) atoms. The fourth-order valence-electron chi connectivity index (χ4n) is 2.74. The van der Waals surface area contributed by atoms with E-state index >= 15 is 0 Å². The first-order chi connectivity index (χ1) is 14.4. The molecule has 0 aliphatic heterocycles. The molecule has 0 unspecified atom stereocenters. The molecule has 3 rings (SSSR count). The zero-order valence-corrected chi connectivity index (χ0v) is 16.2. The Morgan fingerprint density at radius 3 is 2.73 bits per heavy atom. The van der Waals surface area contributed by atoms with Crippen LogP contribution < -0.4 is 9.47 Å². The Labute approximate surface area is 171 Å². The highest BCUT2D eigenvalue weighted by Crippen LogP contribution is 2.30. The Kier molecular flexibility index (Phi) is 6.21. The predicted octanol–water partition coefficient (Wildman–Crippen LogP) is 3.95. The van der Waals surface area contributed by atoms with E-state index < -0.39 is 10.7 Å². The van der Waals surface area contributed by atoms with E-state index in [4.69, 9.17) is 9.47 Å². The molecule has 0 aliphatic carbocycles. The summed E-state index contributed by atoms with van der Waals surface area (Å²) in [5.74, 6) is -0.542. The standard InChI is InChI=1S/C21H18FN3O5/c1-24-12-16(11-23-24)19(26)7-3-14-4-8-20(29-2)15(9-14)13-30-21-10-17(22)5-6-18(21)25(27)28/h3-12H,13H2,1-2H3/b7-3+. The molecular weight excluding hydrogens is 393 g/mol. The zero-order valence-electron chi connectivity index (χ0n) is 16.2. The Morgan fingerprint density at radius 2 is 2.07 bits per heavy atom. The van der Waals surface area contributed by atoms with Gasteiger partial charge in [0.1, 0.15) is 18.2 Å². The van der Waals surface area contributed by atoms with Gasteiger partial charge in [-0.25, -0.2) is 4.39 Å². The summed E-state index contributed by atoms with van der Waals surface area (Å²) < 4.78 is 25.8. The van der Waals surface area contributed by atoms with E-state index in [-0.39, 0.29) is 23.8 Å². The number of carbonyl (C=O) groups excluding carboxylic acids is 1. The van der Waals surface area contributed by atoms with Crippen LogP contribution in [0.15, 0.2) is 54.9 Å². The fourth-order valence-corrected chi connectivity index (χ4v) is 2.74.